The summed E-state index contributed by atoms with van der Waals surface area (Å²) in [5.41, 5.74) is 6.08. The Hall–Kier alpha value is -1.85. The molecule has 1 aromatic rings. The van der Waals surface area contributed by atoms with Crippen LogP contribution in [0.15, 0.2) is 17.5 Å². The number of nitrogens with zero attached hydrogens (tertiary/aromatic N) is 4. The first-order chi connectivity index (χ1) is 8.63. The van der Waals surface area contributed by atoms with Gasteiger partial charge in [-0.3, -0.25) is 0 Å². The van der Waals surface area contributed by atoms with E-state index in [0.717, 1.165) is 19.5 Å². The molecule has 1 saturated heterocycles. The maximum Gasteiger partial charge on any atom is 0.192 e. The van der Waals surface area contributed by atoms with E-state index in [9.17, 15) is 0 Å². The van der Waals surface area contributed by atoms with Gasteiger partial charge in [0, 0.05) is 25.5 Å². The number of nitrogens with two attached hydrogens (primary N) is 1. The highest BCUT2D eigenvalue weighted by Crippen LogP contribution is 2.28. The van der Waals surface area contributed by atoms with E-state index in [1.54, 1.807) is 12.4 Å². The molecule has 0 aromatic carbocycles. The van der Waals surface area contributed by atoms with Crippen LogP contribution in [-0.2, 0) is 0 Å². The quantitative estimate of drug-likeness (QED) is 0.362. The van der Waals surface area contributed by atoms with E-state index >= 15 is 0 Å². The van der Waals surface area contributed by atoms with Crippen molar-refractivity contribution in [2.24, 2.45) is 22.7 Å². The fourth-order valence-electron chi connectivity index (χ4n) is 2.31. The third-order valence-electron chi connectivity index (χ3n) is 3.50. The van der Waals surface area contributed by atoms with Crippen molar-refractivity contribution < 1.29 is 5.21 Å². The van der Waals surface area contributed by atoms with Crippen LogP contribution in [0.4, 0.5) is 5.82 Å². The number of aromatic nitrogens is 2. The third kappa shape index (κ3) is 2.37. The summed E-state index contributed by atoms with van der Waals surface area (Å²) in [5, 5.41) is 11.8. The summed E-state index contributed by atoms with van der Waals surface area (Å²) in [6, 6.07) is 0. The molecule has 0 saturated carbocycles. The molecule has 0 amide bonds. The van der Waals surface area contributed by atoms with Gasteiger partial charge in [-0.1, -0.05) is 19.0 Å². The van der Waals surface area contributed by atoms with Crippen molar-refractivity contribution in [2.75, 3.05) is 18.0 Å². The van der Waals surface area contributed by atoms with Gasteiger partial charge < -0.3 is 15.8 Å². The van der Waals surface area contributed by atoms with Crippen LogP contribution in [0.5, 0.6) is 0 Å². The number of hydrogen-bond acceptors (Lipinski definition) is 5. The Balaban J connectivity index is 2.25. The normalized spacial score (nSPS) is 20.7. The van der Waals surface area contributed by atoms with E-state index in [1.165, 1.54) is 0 Å². The molecule has 2 rings (SSSR count). The number of anilines is 1. The maximum absolute atomic E-state index is 8.77. The summed E-state index contributed by atoms with van der Waals surface area (Å²) in [6.07, 6.45) is 4.32. The van der Waals surface area contributed by atoms with Crippen LogP contribution in [0.25, 0.3) is 0 Å². The first-order valence-corrected chi connectivity index (χ1v) is 6.17. The van der Waals surface area contributed by atoms with Gasteiger partial charge in [-0.15, -0.1) is 0 Å². The lowest BCUT2D eigenvalue weighted by Gasteiger charge is -2.20. The molecule has 0 spiro atoms. The second kappa shape index (κ2) is 5.20. The molecule has 1 unspecified atom stereocenters. The summed E-state index contributed by atoms with van der Waals surface area (Å²) in [4.78, 5) is 10.6. The zero-order valence-corrected chi connectivity index (χ0v) is 10.7. The lowest BCUT2D eigenvalue weighted by Crippen LogP contribution is -2.27. The minimum absolute atomic E-state index is 0.00565. The van der Waals surface area contributed by atoms with Gasteiger partial charge in [0.15, 0.2) is 17.3 Å². The molecule has 6 heteroatoms. The minimum Gasteiger partial charge on any atom is -0.409 e. The molecule has 1 aliphatic rings. The molecule has 0 bridgehead atoms. The van der Waals surface area contributed by atoms with Gasteiger partial charge in [0.1, 0.15) is 0 Å². The predicted octanol–water partition coefficient (Wildman–Crippen LogP) is 1.05. The van der Waals surface area contributed by atoms with Crippen LogP contribution < -0.4 is 10.6 Å². The smallest absolute Gasteiger partial charge is 0.192 e. The Kier molecular flexibility index (Phi) is 3.64. The zero-order chi connectivity index (χ0) is 13.1. The zero-order valence-electron chi connectivity index (χ0n) is 10.7. The molecule has 0 aliphatic carbocycles. The van der Waals surface area contributed by atoms with Crippen LogP contribution in [0.3, 0.4) is 0 Å². The van der Waals surface area contributed by atoms with E-state index in [0.29, 0.717) is 23.3 Å². The summed E-state index contributed by atoms with van der Waals surface area (Å²) < 4.78 is 0. The second-order valence-corrected chi connectivity index (χ2v) is 4.95. The molecule has 18 heavy (non-hydrogen) atoms. The molecule has 2 heterocycles. The van der Waals surface area contributed by atoms with Crippen LogP contribution in [0, 0.1) is 11.8 Å². The van der Waals surface area contributed by atoms with Crippen molar-refractivity contribution in [2.45, 2.75) is 20.3 Å². The lowest BCUT2D eigenvalue weighted by molar-refractivity contribution is 0.318. The van der Waals surface area contributed by atoms with Crippen molar-refractivity contribution in [3.05, 3.63) is 18.1 Å². The maximum atomic E-state index is 8.77. The number of hydrogen-bond donors (Lipinski definition) is 2. The van der Waals surface area contributed by atoms with E-state index in [2.05, 4.69) is 33.9 Å². The number of amidine groups is 1. The molecule has 98 valence electrons. The van der Waals surface area contributed by atoms with Crippen molar-refractivity contribution >= 4 is 11.7 Å². The largest absolute Gasteiger partial charge is 0.409 e. The summed E-state index contributed by atoms with van der Waals surface area (Å²) in [5.74, 6) is 2.02. The van der Waals surface area contributed by atoms with Crippen molar-refractivity contribution in [3.63, 3.8) is 0 Å². The summed E-state index contributed by atoms with van der Waals surface area (Å²) in [6.45, 7) is 6.35. The molecule has 1 aliphatic heterocycles. The standard InChI is InChI=1S/C12H19N5O/c1-8(2)9-3-6-17(7-9)12-10(11(13)16-18)14-4-5-15-12/h4-5,8-9,18H,3,6-7H2,1-2H3,(H2,13,16). The molecule has 0 radical (unpaired) electrons. The van der Waals surface area contributed by atoms with E-state index < -0.39 is 0 Å². The Morgan fingerprint density at radius 1 is 1.50 bits per heavy atom. The number of rotatable bonds is 3. The van der Waals surface area contributed by atoms with E-state index in [-0.39, 0.29) is 5.84 Å². The molecule has 1 fully saturated rings. The van der Waals surface area contributed by atoms with Gasteiger partial charge >= 0.3 is 0 Å². The molecular formula is C12H19N5O. The lowest BCUT2D eigenvalue weighted by atomic mass is 9.95. The van der Waals surface area contributed by atoms with Crippen molar-refractivity contribution in [1.29, 1.82) is 0 Å². The summed E-state index contributed by atoms with van der Waals surface area (Å²) >= 11 is 0. The fourth-order valence-corrected chi connectivity index (χ4v) is 2.31. The Morgan fingerprint density at radius 3 is 2.83 bits per heavy atom. The predicted molar refractivity (Wildman–Crippen MR) is 69.7 cm³/mol. The first-order valence-electron chi connectivity index (χ1n) is 6.17. The average Bonchev–Trinajstić information content (AvgIpc) is 2.87. The van der Waals surface area contributed by atoms with Gasteiger partial charge in [0.2, 0.25) is 0 Å². The fraction of sp³-hybridized carbons (Fsp3) is 0.583. The average molecular weight is 249 g/mol. The van der Waals surface area contributed by atoms with Crippen LogP contribution in [0.2, 0.25) is 0 Å². The third-order valence-corrected chi connectivity index (χ3v) is 3.50. The SMILES string of the molecule is CC(C)C1CCN(c2nccnc2C(N)=NO)C1. The van der Waals surface area contributed by atoms with Gasteiger partial charge in [0.05, 0.1) is 0 Å². The number of oxime groups is 1. The second-order valence-electron chi connectivity index (χ2n) is 4.95. The molecule has 1 atom stereocenters. The van der Waals surface area contributed by atoms with Crippen molar-refractivity contribution in [1.82, 2.24) is 9.97 Å². The van der Waals surface area contributed by atoms with Crippen LogP contribution >= 0.6 is 0 Å². The van der Waals surface area contributed by atoms with Crippen molar-refractivity contribution in [3.8, 4) is 0 Å². The van der Waals surface area contributed by atoms with Crippen LogP contribution in [-0.4, -0.2) is 34.1 Å². The van der Waals surface area contributed by atoms with E-state index in [1.807, 2.05) is 0 Å². The van der Waals surface area contributed by atoms with Crippen LogP contribution in [0.1, 0.15) is 26.0 Å². The van der Waals surface area contributed by atoms with E-state index in [4.69, 9.17) is 10.9 Å². The van der Waals surface area contributed by atoms with Gasteiger partial charge in [-0.05, 0) is 18.3 Å². The molecule has 1 aromatic heterocycles. The molecule has 6 nitrogen and oxygen atoms in total. The highest BCUT2D eigenvalue weighted by atomic mass is 16.4. The topological polar surface area (TPSA) is 87.6 Å². The van der Waals surface area contributed by atoms with Gasteiger partial charge in [-0.2, -0.15) is 0 Å². The molecule has 3 N–H and O–H groups in total. The summed E-state index contributed by atoms with van der Waals surface area (Å²) in [7, 11) is 0. The minimum atomic E-state index is 0.00565. The highest BCUT2D eigenvalue weighted by molar-refractivity contribution is 5.99. The Bertz CT molecular complexity index is 446. The Labute approximate surface area is 107 Å². The van der Waals surface area contributed by atoms with Gasteiger partial charge in [-0.25, -0.2) is 9.97 Å². The van der Waals surface area contributed by atoms with Gasteiger partial charge in [0.25, 0.3) is 0 Å². The Morgan fingerprint density at radius 2 is 2.22 bits per heavy atom. The highest BCUT2D eigenvalue weighted by Gasteiger charge is 2.28. The monoisotopic (exact) mass is 249 g/mol. The first kappa shape index (κ1) is 12.6. The molecular weight excluding hydrogens is 230 g/mol.